The standard InChI is InChI=1S/C19H21NO/c1-4-12-20(13-5-1)14-6-7-15-21-19-11-10-17-8-2-3-9-18(17)16-19/h2-3,8-11,16H,1,4-5,12-15H2. The summed E-state index contributed by atoms with van der Waals surface area (Å²) in [7, 11) is 0. The third kappa shape index (κ3) is 4.00. The van der Waals surface area contributed by atoms with Crippen LogP contribution in [0.15, 0.2) is 42.5 Å². The first-order chi connectivity index (χ1) is 10.4. The Morgan fingerprint density at radius 2 is 1.71 bits per heavy atom. The molecule has 0 aliphatic carbocycles. The highest BCUT2D eigenvalue weighted by molar-refractivity contribution is 5.83. The van der Waals surface area contributed by atoms with E-state index in [-0.39, 0.29) is 0 Å². The Labute approximate surface area is 126 Å². The maximum atomic E-state index is 5.71. The fourth-order valence-electron chi connectivity index (χ4n) is 2.71. The van der Waals surface area contributed by atoms with Gasteiger partial charge in [0.25, 0.3) is 0 Å². The first kappa shape index (κ1) is 14.0. The molecule has 1 fully saturated rings. The SMILES string of the molecule is C(#CCN1CCCCC1)COc1ccc2ccccc2c1. The highest BCUT2D eigenvalue weighted by Crippen LogP contribution is 2.20. The van der Waals surface area contributed by atoms with E-state index < -0.39 is 0 Å². The number of nitrogens with zero attached hydrogens (tertiary/aromatic N) is 1. The molecule has 1 saturated heterocycles. The zero-order valence-corrected chi connectivity index (χ0v) is 12.3. The zero-order valence-electron chi connectivity index (χ0n) is 12.3. The summed E-state index contributed by atoms with van der Waals surface area (Å²) in [4.78, 5) is 2.42. The van der Waals surface area contributed by atoms with Gasteiger partial charge in [-0.25, -0.2) is 0 Å². The van der Waals surface area contributed by atoms with E-state index in [1.165, 1.54) is 43.1 Å². The number of benzene rings is 2. The molecule has 0 bridgehead atoms. The third-order valence-electron chi connectivity index (χ3n) is 3.91. The summed E-state index contributed by atoms with van der Waals surface area (Å²) in [6, 6.07) is 14.5. The van der Waals surface area contributed by atoms with E-state index in [0.29, 0.717) is 6.61 Å². The molecule has 0 atom stereocenters. The van der Waals surface area contributed by atoms with Crippen LogP contribution in [0, 0.1) is 11.8 Å². The van der Waals surface area contributed by atoms with Gasteiger partial charge in [-0.15, -0.1) is 0 Å². The van der Waals surface area contributed by atoms with E-state index in [2.05, 4.69) is 47.1 Å². The summed E-state index contributed by atoms with van der Waals surface area (Å²) in [5, 5.41) is 2.44. The largest absolute Gasteiger partial charge is 0.481 e. The molecule has 0 aromatic heterocycles. The number of rotatable bonds is 3. The lowest BCUT2D eigenvalue weighted by Crippen LogP contribution is -2.29. The van der Waals surface area contributed by atoms with Gasteiger partial charge in [0, 0.05) is 0 Å². The predicted octanol–water partition coefficient (Wildman–Crippen LogP) is 3.71. The van der Waals surface area contributed by atoms with Crippen LogP contribution in [0.25, 0.3) is 10.8 Å². The predicted molar refractivity (Wildman–Crippen MR) is 87.5 cm³/mol. The summed E-state index contributed by atoms with van der Waals surface area (Å²) in [6.07, 6.45) is 4.00. The van der Waals surface area contributed by atoms with Crippen LogP contribution in [0.5, 0.6) is 5.75 Å². The number of piperidine rings is 1. The first-order valence-electron chi connectivity index (χ1n) is 7.71. The van der Waals surface area contributed by atoms with E-state index >= 15 is 0 Å². The molecular weight excluding hydrogens is 258 g/mol. The van der Waals surface area contributed by atoms with Crippen LogP contribution in [-0.4, -0.2) is 31.1 Å². The van der Waals surface area contributed by atoms with Gasteiger partial charge in [0.05, 0.1) is 6.54 Å². The van der Waals surface area contributed by atoms with Gasteiger partial charge in [0.1, 0.15) is 12.4 Å². The molecule has 108 valence electrons. The smallest absolute Gasteiger partial charge is 0.149 e. The normalized spacial score (nSPS) is 15.4. The van der Waals surface area contributed by atoms with Crippen LogP contribution < -0.4 is 4.74 Å². The Morgan fingerprint density at radius 1 is 0.905 bits per heavy atom. The van der Waals surface area contributed by atoms with Crippen molar-refractivity contribution in [3.8, 4) is 17.6 Å². The van der Waals surface area contributed by atoms with Crippen molar-refractivity contribution in [2.24, 2.45) is 0 Å². The molecule has 1 heterocycles. The van der Waals surface area contributed by atoms with E-state index in [9.17, 15) is 0 Å². The van der Waals surface area contributed by atoms with Gasteiger partial charge in [-0.3, -0.25) is 4.90 Å². The van der Waals surface area contributed by atoms with E-state index in [0.717, 1.165) is 12.3 Å². The van der Waals surface area contributed by atoms with E-state index in [1.807, 2.05) is 12.1 Å². The summed E-state index contributed by atoms with van der Waals surface area (Å²) >= 11 is 0. The lowest BCUT2D eigenvalue weighted by molar-refractivity contribution is 0.255. The van der Waals surface area contributed by atoms with Crippen LogP contribution in [0.3, 0.4) is 0 Å². The second kappa shape index (κ2) is 7.15. The van der Waals surface area contributed by atoms with Gasteiger partial charge in [0.15, 0.2) is 0 Å². The topological polar surface area (TPSA) is 12.5 Å². The monoisotopic (exact) mass is 279 g/mol. The molecule has 1 aliphatic rings. The van der Waals surface area contributed by atoms with Crippen molar-refractivity contribution >= 4 is 10.8 Å². The Hall–Kier alpha value is -1.98. The molecule has 2 nitrogen and oxygen atoms in total. The van der Waals surface area contributed by atoms with Crippen molar-refractivity contribution in [2.75, 3.05) is 26.2 Å². The van der Waals surface area contributed by atoms with Gasteiger partial charge in [-0.05, 0) is 48.8 Å². The van der Waals surface area contributed by atoms with Gasteiger partial charge in [-0.2, -0.15) is 0 Å². The van der Waals surface area contributed by atoms with Crippen LogP contribution in [0.2, 0.25) is 0 Å². The molecule has 0 N–H and O–H groups in total. The van der Waals surface area contributed by atoms with Crippen molar-refractivity contribution in [1.29, 1.82) is 0 Å². The molecule has 2 aromatic carbocycles. The molecular formula is C19H21NO. The maximum absolute atomic E-state index is 5.71. The Balaban J connectivity index is 1.50. The first-order valence-corrected chi connectivity index (χ1v) is 7.71. The average Bonchev–Trinajstić information content (AvgIpc) is 2.55. The van der Waals surface area contributed by atoms with Gasteiger partial charge >= 0.3 is 0 Å². The molecule has 0 amide bonds. The Kier molecular flexibility index (Phi) is 4.76. The average molecular weight is 279 g/mol. The van der Waals surface area contributed by atoms with Gasteiger partial charge < -0.3 is 4.74 Å². The van der Waals surface area contributed by atoms with Crippen LogP contribution >= 0.6 is 0 Å². The minimum absolute atomic E-state index is 0.464. The third-order valence-corrected chi connectivity index (χ3v) is 3.91. The molecule has 21 heavy (non-hydrogen) atoms. The van der Waals surface area contributed by atoms with Gasteiger partial charge in [0.2, 0.25) is 0 Å². The minimum atomic E-state index is 0.464. The second-order valence-corrected chi connectivity index (χ2v) is 5.49. The van der Waals surface area contributed by atoms with Crippen LogP contribution in [0.4, 0.5) is 0 Å². The lowest BCUT2D eigenvalue weighted by atomic mass is 10.1. The fourth-order valence-corrected chi connectivity index (χ4v) is 2.71. The van der Waals surface area contributed by atoms with Crippen molar-refractivity contribution in [2.45, 2.75) is 19.3 Å². The summed E-state index contributed by atoms with van der Waals surface area (Å²) in [5.41, 5.74) is 0. The summed E-state index contributed by atoms with van der Waals surface area (Å²) in [5.74, 6) is 7.22. The molecule has 0 saturated carbocycles. The van der Waals surface area contributed by atoms with Crippen LogP contribution in [0.1, 0.15) is 19.3 Å². The number of ether oxygens (including phenoxy) is 1. The number of fused-ring (bicyclic) bond motifs is 1. The number of hydrogen-bond acceptors (Lipinski definition) is 2. The fraction of sp³-hybridized carbons (Fsp3) is 0.368. The second-order valence-electron chi connectivity index (χ2n) is 5.49. The van der Waals surface area contributed by atoms with Gasteiger partial charge in [-0.1, -0.05) is 48.6 Å². The molecule has 0 spiro atoms. The van der Waals surface area contributed by atoms with E-state index in [4.69, 9.17) is 4.74 Å². The lowest BCUT2D eigenvalue weighted by Gasteiger charge is -2.23. The number of likely N-dealkylation sites (tertiary alicyclic amines) is 1. The molecule has 2 aromatic rings. The molecule has 1 aliphatic heterocycles. The number of hydrogen-bond donors (Lipinski definition) is 0. The molecule has 0 unspecified atom stereocenters. The maximum Gasteiger partial charge on any atom is 0.149 e. The van der Waals surface area contributed by atoms with Crippen molar-refractivity contribution in [1.82, 2.24) is 4.90 Å². The Bertz CT molecular complexity index is 647. The Morgan fingerprint density at radius 3 is 2.57 bits per heavy atom. The molecule has 3 rings (SSSR count). The quantitative estimate of drug-likeness (QED) is 0.794. The zero-order chi connectivity index (χ0) is 14.3. The van der Waals surface area contributed by atoms with E-state index in [1.54, 1.807) is 0 Å². The highest BCUT2D eigenvalue weighted by Gasteiger charge is 2.07. The summed E-state index contributed by atoms with van der Waals surface area (Å²) < 4.78 is 5.71. The highest BCUT2D eigenvalue weighted by atomic mass is 16.5. The minimum Gasteiger partial charge on any atom is -0.481 e. The van der Waals surface area contributed by atoms with Crippen LogP contribution in [-0.2, 0) is 0 Å². The molecule has 2 heteroatoms. The molecule has 0 radical (unpaired) electrons. The van der Waals surface area contributed by atoms with Crippen molar-refractivity contribution < 1.29 is 4.74 Å². The van der Waals surface area contributed by atoms with Crippen molar-refractivity contribution in [3.05, 3.63) is 42.5 Å². The van der Waals surface area contributed by atoms with Crippen molar-refractivity contribution in [3.63, 3.8) is 0 Å². The summed E-state index contributed by atoms with van der Waals surface area (Å²) in [6.45, 7) is 3.73.